The van der Waals surface area contributed by atoms with Crippen molar-refractivity contribution >= 4 is 22.6 Å². The molecule has 6 nitrogen and oxygen atoms in total. The number of hydrogen-bond acceptors (Lipinski definition) is 4. The number of Topliss-reactive ketones (excluding diaryl/α,β-unsaturated/α-hetero) is 1. The van der Waals surface area contributed by atoms with Gasteiger partial charge in [-0.3, -0.25) is 14.3 Å². The molecule has 0 bridgehead atoms. The third-order valence-corrected chi connectivity index (χ3v) is 6.78. The first kappa shape index (κ1) is 20.9. The maximum atomic E-state index is 13.2. The van der Waals surface area contributed by atoms with Gasteiger partial charge in [-0.25, -0.2) is 0 Å². The molecular formula is C24H33N3O3. The molecule has 30 heavy (non-hydrogen) atoms. The lowest BCUT2D eigenvalue weighted by atomic mass is 9.75. The first-order chi connectivity index (χ1) is 14.3. The molecule has 6 heteroatoms. The number of fused-ring (bicyclic) bond motifs is 2. The lowest BCUT2D eigenvalue weighted by Gasteiger charge is -2.41. The van der Waals surface area contributed by atoms with Crippen molar-refractivity contribution in [3.05, 3.63) is 23.9 Å². The summed E-state index contributed by atoms with van der Waals surface area (Å²) in [6, 6.07) is 5.57. The summed E-state index contributed by atoms with van der Waals surface area (Å²) in [6.07, 6.45) is 6.28. The van der Waals surface area contributed by atoms with Gasteiger partial charge in [0, 0.05) is 30.0 Å². The minimum atomic E-state index is -0.543. The largest absolute Gasteiger partial charge is 0.497 e. The lowest BCUT2D eigenvalue weighted by Crippen LogP contribution is -2.46. The van der Waals surface area contributed by atoms with Crippen molar-refractivity contribution in [2.75, 3.05) is 20.2 Å². The van der Waals surface area contributed by atoms with Crippen LogP contribution in [-0.4, -0.2) is 46.6 Å². The molecule has 4 rings (SSSR count). The number of benzene rings is 1. The van der Waals surface area contributed by atoms with Gasteiger partial charge in [-0.05, 0) is 36.8 Å². The van der Waals surface area contributed by atoms with Crippen LogP contribution in [0.3, 0.4) is 0 Å². The molecule has 1 saturated heterocycles. The van der Waals surface area contributed by atoms with E-state index >= 15 is 0 Å². The van der Waals surface area contributed by atoms with E-state index in [0.717, 1.165) is 36.3 Å². The highest BCUT2D eigenvalue weighted by Gasteiger charge is 2.33. The van der Waals surface area contributed by atoms with Crippen molar-refractivity contribution in [1.29, 1.82) is 0 Å². The second-order valence-corrected chi connectivity index (χ2v) is 9.90. The van der Waals surface area contributed by atoms with E-state index in [9.17, 15) is 9.59 Å². The van der Waals surface area contributed by atoms with Crippen LogP contribution in [0, 0.1) is 17.3 Å². The number of rotatable bonds is 4. The number of hydrogen-bond donors (Lipinski definition) is 0. The van der Waals surface area contributed by atoms with Gasteiger partial charge in [0.2, 0.25) is 5.91 Å². The van der Waals surface area contributed by atoms with Gasteiger partial charge in [-0.15, -0.1) is 0 Å². The Labute approximate surface area is 178 Å². The van der Waals surface area contributed by atoms with Gasteiger partial charge in [0.15, 0.2) is 5.78 Å². The molecule has 1 amide bonds. The quantitative estimate of drug-likeness (QED) is 0.703. The molecule has 2 atom stereocenters. The lowest BCUT2D eigenvalue weighted by molar-refractivity contribution is -0.135. The maximum absolute atomic E-state index is 13.2. The monoisotopic (exact) mass is 411 g/mol. The van der Waals surface area contributed by atoms with Gasteiger partial charge >= 0.3 is 0 Å². The van der Waals surface area contributed by atoms with E-state index in [1.54, 1.807) is 11.8 Å². The van der Waals surface area contributed by atoms with Crippen LogP contribution in [0.2, 0.25) is 0 Å². The number of aromatic nitrogens is 2. The number of methoxy groups -OCH3 is 1. The number of carbonyl (C=O) groups is 2. The first-order valence-electron chi connectivity index (χ1n) is 11.1. The first-order valence-corrected chi connectivity index (χ1v) is 11.1. The van der Waals surface area contributed by atoms with Crippen LogP contribution >= 0.6 is 0 Å². The van der Waals surface area contributed by atoms with E-state index in [2.05, 4.69) is 5.10 Å². The van der Waals surface area contributed by atoms with Crippen molar-refractivity contribution in [2.45, 2.75) is 59.4 Å². The van der Waals surface area contributed by atoms with Crippen LogP contribution in [-0.2, 0) is 11.3 Å². The van der Waals surface area contributed by atoms with Crippen molar-refractivity contribution in [2.24, 2.45) is 17.3 Å². The molecule has 2 fully saturated rings. The number of piperidine rings is 1. The van der Waals surface area contributed by atoms with E-state index < -0.39 is 5.41 Å². The Bertz CT molecular complexity index is 956. The molecule has 1 saturated carbocycles. The summed E-state index contributed by atoms with van der Waals surface area (Å²) in [7, 11) is 1.61. The molecule has 1 aromatic heterocycles. The van der Waals surface area contributed by atoms with E-state index in [0.29, 0.717) is 17.4 Å². The highest BCUT2D eigenvalue weighted by Crippen LogP contribution is 2.36. The molecule has 2 heterocycles. The Morgan fingerprint density at radius 1 is 1.13 bits per heavy atom. The average Bonchev–Trinajstić information content (AvgIpc) is 3.09. The van der Waals surface area contributed by atoms with Gasteiger partial charge in [-0.1, -0.05) is 40.0 Å². The predicted octanol–water partition coefficient (Wildman–Crippen LogP) is 4.31. The maximum Gasteiger partial charge on any atom is 0.244 e. The molecule has 162 valence electrons. The summed E-state index contributed by atoms with van der Waals surface area (Å²) >= 11 is 0. The number of ether oxygens (including phenoxy) is 1. The number of ketones is 1. The van der Waals surface area contributed by atoms with Gasteiger partial charge in [0.1, 0.15) is 18.0 Å². The Morgan fingerprint density at radius 2 is 1.87 bits per heavy atom. The molecule has 1 aromatic carbocycles. The standard InChI is InChI=1S/C24H33N3O3/c1-24(2,3)23(29)22-19-10-9-18(30-4)13-20(19)27(25-22)15-21(28)26-12-11-16-7-5-6-8-17(16)14-26/h9-10,13,16-17H,5-8,11-12,14-15H2,1-4H3/t16-,17+/m1/s1. The highest BCUT2D eigenvalue weighted by molar-refractivity contribution is 6.08. The van der Waals surface area contributed by atoms with Crippen LogP contribution in [0.5, 0.6) is 5.75 Å². The molecule has 1 aliphatic carbocycles. The highest BCUT2D eigenvalue weighted by atomic mass is 16.5. The van der Waals surface area contributed by atoms with E-state index in [-0.39, 0.29) is 18.2 Å². The number of likely N-dealkylation sites (tertiary alicyclic amines) is 1. The number of amides is 1. The summed E-state index contributed by atoms with van der Waals surface area (Å²) in [5.41, 5.74) is 0.653. The SMILES string of the molecule is COc1ccc2c(C(=O)C(C)(C)C)nn(CC(=O)N3CC[C@H]4CCCC[C@H]4C3)c2c1. The fraction of sp³-hybridized carbons (Fsp3) is 0.625. The third-order valence-electron chi connectivity index (χ3n) is 6.78. The summed E-state index contributed by atoms with van der Waals surface area (Å²) in [6.45, 7) is 7.52. The van der Waals surface area contributed by atoms with Crippen molar-refractivity contribution in [3.8, 4) is 5.75 Å². The van der Waals surface area contributed by atoms with Gasteiger partial charge in [0.25, 0.3) is 0 Å². The molecule has 2 aliphatic rings. The fourth-order valence-corrected chi connectivity index (χ4v) is 4.98. The number of carbonyl (C=O) groups excluding carboxylic acids is 2. The smallest absolute Gasteiger partial charge is 0.244 e. The molecular weight excluding hydrogens is 378 g/mol. The second-order valence-electron chi connectivity index (χ2n) is 9.90. The minimum absolute atomic E-state index is 0.0214. The topological polar surface area (TPSA) is 64.4 Å². The Balaban J connectivity index is 1.61. The molecule has 1 aliphatic heterocycles. The Kier molecular flexibility index (Phi) is 5.60. The van der Waals surface area contributed by atoms with Gasteiger partial charge in [-0.2, -0.15) is 5.10 Å². The number of nitrogens with zero attached hydrogens (tertiary/aromatic N) is 3. The summed E-state index contributed by atoms with van der Waals surface area (Å²) < 4.78 is 7.06. The zero-order chi connectivity index (χ0) is 21.5. The van der Waals surface area contributed by atoms with Crippen LogP contribution in [0.1, 0.15) is 63.4 Å². The molecule has 0 unspecified atom stereocenters. The summed E-state index contributed by atoms with van der Waals surface area (Å²) in [5.74, 6) is 2.18. The third kappa shape index (κ3) is 3.96. The predicted molar refractivity (Wildman–Crippen MR) is 117 cm³/mol. The van der Waals surface area contributed by atoms with Crippen LogP contribution in [0.4, 0.5) is 0 Å². The van der Waals surface area contributed by atoms with Crippen LogP contribution < -0.4 is 4.74 Å². The zero-order valence-corrected chi connectivity index (χ0v) is 18.6. The minimum Gasteiger partial charge on any atom is -0.497 e. The molecule has 0 N–H and O–H groups in total. The normalized spacial score (nSPS) is 22.1. The summed E-state index contributed by atoms with van der Waals surface area (Å²) in [4.78, 5) is 28.2. The van der Waals surface area contributed by atoms with E-state index in [4.69, 9.17) is 4.74 Å². The second kappa shape index (κ2) is 8.05. The molecule has 2 aromatic rings. The molecule has 0 radical (unpaired) electrons. The van der Waals surface area contributed by atoms with Crippen molar-refractivity contribution < 1.29 is 14.3 Å². The van der Waals surface area contributed by atoms with Crippen LogP contribution in [0.25, 0.3) is 10.9 Å². The average molecular weight is 412 g/mol. The van der Waals surface area contributed by atoms with Gasteiger partial charge in [0.05, 0.1) is 12.6 Å². The van der Waals surface area contributed by atoms with Crippen molar-refractivity contribution in [3.63, 3.8) is 0 Å². The van der Waals surface area contributed by atoms with Crippen molar-refractivity contribution in [1.82, 2.24) is 14.7 Å². The van der Waals surface area contributed by atoms with Gasteiger partial charge < -0.3 is 9.64 Å². The fourth-order valence-electron chi connectivity index (χ4n) is 4.98. The zero-order valence-electron chi connectivity index (χ0n) is 18.6. The summed E-state index contributed by atoms with van der Waals surface area (Å²) in [5, 5.41) is 5.38. The van der Waals surface area contributed by atoms with E-state index in [1.807, 2.05) is 43.9 Å². The Morgan fingerprint density at radius 3 is 2.57 bits per heavy atom. The van der Waals surface area contributed by atoms with E-state index in [1.165, 1.54) is 25.7 Å². The Hall–Kier alpha value is -2.37. The molecule has 0 spiro atoms. The van der Waals surface area contributed by atoms with Crippen LogP contribution in [0.15, 0.2) is 18.2 Å².